The van der Waals surface area contributed by atoms with Crippen LogP contribution in [0.1, 0.15) is 28.9 Å². The molecule has 1 amide bonds. The summed E-state index contributed by atoms with van der Waals surface area (Å²) in [5, 5.41) is 6.87. The Morgan fingerprint density at radius 1 is 1.20 bits per heavy atom. The van der Waals surface area contributed by atoms with Gasteiger partial charge in [-0.05, 0) is 30.2 Å². The van der Waals surface area contributed by atoms with Crippen molar-refractivity contribution in [3.05, 3.63) is 71.2 Å². The van der Waals surface area contributed by atoms with Gasteiger partial charge < -0.3 is 9.64 Å². The van der Waals surface area contributed by atoms with E-state index in [4.69, 9.17) is 4.74 Å². The van der Waals surface area contributed by atoms with Gasteiger partial charge in [0, 0.05) is 49.3 Å². The molecule has 2 aromatic heterocycles. The van der Waals surface area contributed by atoms with E-state index in [9.17, 15) is 4.79 Å². The van der Waals surface area contributed by atoms with Crippen molar-refractivity contribution in [1.82, 2.24) is 19.5 Å². The maximum Gasteiger partial charge on any atom is 0.223 e. The van der Waals surface area contributed by atoms with Gasteiger partial charge in [0.05, 0.1) is 18.5 Å². The van der Waals surface area contributed by atoms with Gasteiger partial charge in [0.2, 0.25) is 5.91 Å². The number of nitrogens with zero attached hydrogens (tertiary/aromatic N) is 4. The van der Waals surface area contributed by atoms with Crippen molar-refractivity contribution in [2.45, 2.75) is 32.7 Å². The number of fused-ring (bicyclic) bond motifs is 4. The van der Waals surface area contributed by atoms with Crippen molar-refractivity contribution in [3.8, 4) is 5.75 Å². The molecule has 6 heteroatoms. The second-order valence-electron chi connectivity index (χ2n) is 7.82. The number of carbonyl (C=O) groups is 1. The third kappa shape index (κ3) is 3.18. The molecular formula is C24H24N4O2. The largest absolute Gasteiger partial charge is 0.496 e. The van der Waals surface area contributed by atoms with E-state index in [2.05, 4.69) is 28.3 Å². The lowest BCUT2D eigenvalue weighted by Crippen LogP contribution is -2.37. The molecule has 1 aliphatic heterocycles. The Morgan fingerprint density at radius 2 is 2.07 bits per heavy atom. The van der Waals surface area contributed by atoms with Crippen LogP contribution in [0, 0.1) is 6.92 Å². The number of ether oxygens (including phenoxy) is 1. The molecule has 0 N–H and O–H groups in total. The third-order valence-corrected chi connectivity index (χ3v) is 5.93. The van der Waals surface area contributed by atoms with E-state index >= 15 is 0 Å². The molecule has 0 saturated heterocycles. The topological polar surface area (TPSA) is 59.7 Å². The summed E-state index contributed by atoms with van der Waals surface area (Å²) in [4.78, 5) is 19.5. The fourth-order valence-electron chi connectivity index (χ4n) is 4.42. The van der Waals surface area contributed by atoms with Crippen molar-refractivity contribution >= 4 is 22.3 Å². The minimum atomic E-state index is 0.160. The number of carbonyl (C=O) groups excluding carboxylic acids is 1. The molecule has 152 valence electrons. The van der Waals surface area contributed by atoms with Crippen LogP contribution in [-0.2, 0) is 24.2 Å². The smallest absolute Gasteiger partial charge is 0.223 e. The van der Waals surface area contributed by atoms with Crippen molar-refractivity contribution in [1.29, 1.82) is 0 Å². The van der Waals surface area contributed by atoms with Crippen molar-refractivity contribution < 1.29 is 9.53 Å². The molecule has 5 rings (SSSR count). The summed E-state index contributed by atoms with van der Waals surface area (Å²) in [5.74, 6) is 0.999. The molecule has 0 fully saturated rings. The SMILES string of the molecule is COc1ccc2ccccc2c1CCC(=O)N1CCc2c(cnc3cc(C)nn23)C1. The highest BCUT2D eigenvalue weighted by molar-refractivity contribution is 5.88. The van der Waals surface area contributed by atoms with Crippen LogP contribution in [0.15, 0.2) is 48.7 Å². The van der Waals surface area contributed by atoms with Gasteiger partial charge in [-0.25, -0.2) is 9.50 Å². The molecule has 4 aromatic rings. The molecule has 0 saturated carbocycles. The zero-order valence-electron chi connectivity index (χ0n) is 17.3. The highest BCUT2D eigenvalue weighted by atomic mass is 16.5. The normalized spacial score (nSPS) is 13.6. The molecule has 0 aliphatic carbocycles. The van der Waals surface area contributed by atoms with Crippen LogP contribution in [-0.4, -0.2) is 39.1 Å². The van der Waals surface area contributed by atoms with E-state index in [0.29, 0.717) is 25.9 Å². The fraction of sp³-hybridized carbons (Fsp3) is 0.292. The quantitative estimate of drug-likeness (QED) is 0.524. The molecule has 1 aliphatic rings. The van der Waals surface area contributed by atoms with Gasteiger partial charge in [-0.1, -0.05) is 30.3 Å². The van der Waals surface area contributed by atoms with E-state index in [1.54, 1.807) is 7.11 Å². The number of benzene rings is 2. The van der Waals surface area contributed by atoms with Gasteiger partial charge in [0.25, 0.3) is 0 Å². The maximum absolute atomic E-state index is 13.0. The number of amides is 1. The molecule has 2 aromatic carbocycles. The van der Waals surface area contributed by atoms with E-state index < -0.39 is 0 Å². The predicted molar refractivity (Wildman–Crippen MR) is 116 cm³/mol. The lowest BCUT2D eigenvalue weighted by atomic mass is 9.99. The number of methoxy groups -OCH3 is 1. The Hall–Kier alpha value is -3.41. The van der Waals surface area contributed by atoms with Gasteiger partial charge in [-0.15, -0.1) is 0 Å². The maximum atomic E-state index is 13.0. The van der Waals surface area contributed by atoms with Crippen LogP contribution in [0.3, 0.4) is 0 Å². The first kappa shape index (κ1) is 18.6. The van der Waals surface area contributed by atoms with Crippen LogP contribution < -0.4 is 4.74 Å². The minimum absolute atomic E-state index is 0.160. The summed E-state index contributed by atoms with van der Waals surface area (Å²) in [5.41, 5.74) is 5.16. The Labute approximate surface area is 175 Å². The summed E-state index contributed by atoms with van der Waals surface area (Å²) in [7, 11) is 1.68. The minimum Gasteiger partial charge on any atom is -0.496 e. The highest BCUT2D eigenvalue weighted by Crippen LogP contribution is 2.29. The number of rotatable bonds is 4. The molecular weight excluding hydrogens is 376 g/mol. The Balaban J connectivity index is 1.35. The first-order valence-corrected chi connectivity index (χ1v) is 10.3. The van der Waals surface area contributed by atoms with Gasteiger partial charge in [-0.2, -0.15) is 5.10 Å². The first-order valence-electron chi connectivity index (χ1n) is 10.3. The highest BCUT2D eigenvalue weighted by Gasteiger charge is 2.24. The van der Waals surface area contributed by atoms with Crippen LogP contribution in [0.4, 0.5) is 0 Å². The predicted octanol–water partition coefficient (Wildman–Crippen LogP) is 3.72. The standard InChI is InChI=1S/C24H24N4O2/c1-16-13-23-25-14-18-15-27(12-11-21(18)28(23)26-16)24(29)10-8-20-19-6-4-3-5-17(19)7-9-22(20)30-2/h3-7,9,13-14H,8,10-12,15H2,1-2H3. The van der Waals surface area contributed by atoms with Crippen LogP contribution in [0.25, 0.3) is 16.4 Å². The zero-order chi connectivity index (χ0) is 20.7. The summed E-state index contributed by atoms with van der Waals surface area (Å²) in [6.45, 7) is 3.26. The fourth-order valence-corrected chi connectivity index (χ4v) is 4.42. The molecule has 0 radical (unpaired) electrons. The molecule has 6 nitrogen and oxygen atoms in total. The molecule has 0 unspecified atom stereocenters. The van der Waals surface area contributed by atoms with Crippen LogP contribution in [0.5, 0.6) is 5.75 Å². The number of aromatic nitrogens is 3. The molecule has 3 heterocycles. The van der Waals surface area contributed by atoms with Gasteiger partial charge in [0.1, 0.15) is 5.75 Å². The average Bonchev–Trinajstić information content (AvgIpc) is 3.17. The Kier molecular flexibility index (Phi) is 4.62. The average molecular weight is 400 g/mol. The second kappa shape index (κ2) is 7.44. The zero-order valence-corrected chi connectivity index (χ0v) is 17.3. The molecule has 0 atom stereocenters. The number of hydrogen-bond donors (Lipinski definition) is 0. The van der Waals surface area contributed by atoms with E-state index in [0.717, 1.165) is 51.1 Å². The lowest BCUT2D eigenvalue weighted by Gasteiger charge is -2.29. The van der Waals surface area contributed by atoms with Crippen LogP contribution >= 0.6 is 0 Å². The van der Waals surface area contributed by atoms with Gasteiger partial charge >= 0.3 is 0 Å². The number of aryl methyl sites for hydroxylation is 2. The van der Waals surface area contributed by atoms with Crippen molar-refractivity contribution in [2.24, 2.45) is 0 Å². The second-order valence-corrected chi connectivity index (χ2v) is 7.82. The summed E-state index contributed by atoms with van der Waals surface area (Å²) >= 11 is 0. The number of hydrogen-bond acceptors (Lipinski definition) is 4. The molecule has 30 heavy (non-hydrogen) atoms. The van der Waals surface area contributed by atoms with E-state index in [-0.39, 0.29) is 5.91 Å². The van der Waals surface area contributed by atoms with Crippen molar-refractivity contribution in [3.63, 3.8) is 0 Å². The Bertz CT molecular complexity index is 1260. The summed E-state index contributed by atoms with van der Waals surface area (Å²) in [6, 6.07) is 14.3. The lowest BCUT2D eigenvalue weighted by molar-refractivity contribution is -0.132. The van der Waals surface area contributed by atoms with E-state index in [1.165, 1.54) is 0 Å². The summed E-state index contributed by atoms with van der Waals surface area (Å²) in [6.07, 6.45) is 3.79. The molecule has 0 bridgehead atoms. The van der Waals surface area contributed by atoms with Crippen molar-refractivity contribution in [2.75, 3.05) is 13.7 Å². The third-order valence-electron chi connectivity index (χ3n) is 5.93. The van der Waals surface area contributed by atoms with Gasteiger partial charge in [0.15, 0.2) is 5.65 Å². The van der Waals surface area contributed by atoms with Crippen LogP contribution in [0.2, 0.25) is 0 Å². The monoisotopic (exact) mass is 400 g/mol. The summed E-state index contributed by atoms with van der Waals surface area (Å²) < 4.78 is 7.50. The Morgan fingerprint density at radius 3 is 2.93 bits per heavy atom. The first-order chi connectivity index (χ1) is 14.6. The van der Waals surface area contributed by atoms with E-state index in [1.807, 2.05) is 46.8 Å². The molecule has 0 spiro atoms. The van der Waals surface area contributed by atoms with Gasteiger partial charge in [-0.3, -0.25) is 4.79 Å².